The van der Waals surface area contributed by atoms with Crippen molar-refractivity contribution in [1.82, 2.24) is 5.32 Å². The molecule has 1 atom stereocenters. The maximum atomic E-state index is 5.36. The molecule has 0 fully saturated rings. The Morgan fingerprint density at radius 2 is 1.74 bits per heavy atom. The highest BCUT2D eigenvalue weighted by Gasteiger charge is 2.09. The van der Waals surface area contributed by atoms with E-state index in [-0.39, 0.29) is 0 Å². The molecule has 19 heavy (non-hydrogen) atoms. The van der Waals surface area contributed by atoms with E-state index in [1.165, 1.54) is 16.7 Å². The standard InChI is InChI=1S/C17H29NO/c1-12(2)10-18-11-13(3)7-16-8-15(5)17(19-6)9-14(16)4/h8-9,12-13,18H,7,10-11H2,1-6H3. The molecule has 0 spiro atoms. The molecule has 2 heteroatoms. The monoisotopic (exact) mass is 263 g/mol. The van der Waals surface area contributed by atoms with Crippen LogP contribution in [0, 0.1) is 25.7 Å². The topological polar surface area (TPSA) is 21.3 Å². The Labute approximate surface area is 118 Å². The van der Waals surface area contributed by atoms with Crippen molar-refractivity contribution in [1.29, 1.82) is 0 Å². The van der Waals surface area contributed by atoms with Gasteiger partial charge in [-0.25, -0.2) is 0 Å². The average Bonchev–Trinajstić information content (AvgIpc) is 2.32. The average molecular weight is 263 g/mol. The van der Waals surface area contributed by atoms with Crippen LogP contribution in [0.25, 0.3) is 0 Å². The van der Waals surface area contributed by atoms with Crippen LogP contribution in [0.15, 0.2) is 12.1 Å². The normalized spacial score (nSPS) is 12.8. The fraction of sp³-hybridized carbons (Fsp3) is 0.647. The van der Waals surface area contributed by atoms with Crippen molar-refractivity contribution in [3.8, 4) is 5.75 Å². The third kappa shape index (κ3) is 5.23. The minimum atomic E-state index is 0.658. The van der Waals surface area contributed by atoms with Crippen molar-refractivity contribution < 1.29 is 4.74 Å². The summed E-state index contributed by atoms with van der Waals surface area (Å²) in [4.78, 5) is 0. The smallest absolute Gasteiger partial charge is 0.122 e. The Morgan fingerprint density at radius 1 is 1.05 bits per heavy atom. The molecule has 1 unspecified atom stereocenters. The first-order chi connectivity index (χ1) is 8.93. The lowest BCUT2D eigenvalue weighted by Crippen LogP contribution is -2.26. The van der Waals surface area contributed by atoms with E-state index in [0.717, 1.165) is 31.2 Å². The van der Waals surface area contributed by atoms with E-state index in [4.69, 9.17) is 4.74 Å². The third-order valence-corrected chi connectivity index (χ3v) is 3.47. The minimum Gasteiger partial charge on any atom is -0.496 e. The van der Waals surface area contributed by atoms with Crippen molar-refractivity contribution in [2.24, 2.45) is 11.8 Å². The van der Waals surface area contributed by atoms with Gasteiger partial charge in [0, 0.05) is 0 Å². The number of aryl methyl sites for hydroxylation is 2. The molecule has 0 radical (unpaired) electrons. The van der Waals surface area contributed by atoms with Crippen molar-refractivity contribution in [3.05, 3.63) is 28.8 Å². The molecule has 0 aromatic heterocycles. The van der Waals surface area contributed by atoms with Gasteiger partial charge in [0.1, 0.15) is 5.75 Å². The van der Waals surface area contributed by atoms with Crippen LogP contribution in [-0.2, 0) is 6.42 Å². The number of methoxy groups -OCH3 is 1. The maximum absolute atomic E-state index is 5.36. The summed E-state index contributed by atoms with van der Waals surface area (Å²) in [5.74, 6) is 2.37. The lowest BCUT2D eigenvalue weighted by molar-refractivity contribution is 0.411. The Kier molecular flexibility index (Phi) is 6.36. The van der Waals surface area contributed by atoms with E-state index in [1.54, 1.807) is 7.11 Å². The van der Waals surface area contributed by atoms with Crippen molar-refractivity contribution in [2.45, 2.75) is 41.0 Å². The Bertz CT molecular complexity index is 398. The van der Waals surface area contributed by atoms with Crippen LogP contribution >= 0.6 is 0 Å². The van der Waals surface area contributed by atoms with Crippen LogP contribution in [0.2, 0.25) is 0 Å². The predicted molar refractivity (Wildman–Crippen MR) is 83.0 cm³/mol. The van der Waals surface area contributed by atoms with E-state index in [2.05, 4.69) is 52.1 Å². The quantitative estimate of drug-likeness (QED) is 0.809. The molecule has 0 amide bonds. The molecule has 1 N–H and O–H groups in total. The van der Waals surface area contributed by atoms with E-state index < -0.39 is 0 Å². The van der Waals surface area contributed by atoms with Gasteiger partial charge in [0.25, 0.3) is 0 Å². The van der Waals surface area contributed by atoms with Gasteiger partial charge in [0.15, 0.2) is 0 Å². The molecule has 2 nitrogen and oxygen atoms in total. The highest BCUT2D eigenvalue weighted by atomic mass is 16.5. The van der Waals surface area contributed by atoms with Gasteiger partial charge < -0.3 is 10.1 Å². The van der Waals surface area contributed by atoms with Crippen molar-refractivity contribution in [3.63, 3.8) is 0 Å². The van der Waals surface area contributed by atoms with E-state index in [1.807, 2.05) is 0 Å². The fourth-order valence-corrected chi connectivity index (χ4v) is 2.36. The molecular weight excluding hydrogens is 234 g/mol. The largest absolute Gasteiger partial charge is 0.496 e. The van der Waals surface area contributed by atoms with Crippen molar-refractivity contribution in [2.75, 3.05) is 20.2 Å². The molecule has 0 saturated heterocycles. The fourth-order valence-electron chi connectivity index (χ4n) is 2.36. The maximum Gasteiger partial charge on any atom is 0.122 e. The second-order valence-electron chi connectivity index (χ2n) is 6.11. The summed E-state index contributed by atoms with van der Waals surface area (Å²) in [5.41, 5.74) is 4.00. The summed E-state index contributed by atoms with van der Waals surface area (Å²) < 4.78 is 5.36. The van der Waals surface area contributed by atoms with Gasteiger partial charge in [0.2, 0.25) is 0 Å². The van der Waals surface area contributed by atoms with E-state index in [9.17, 15) is 0 Å². The number of ether oxygens (including phenoxy) is 1. The highest BCUT2D eigenvalue weighted by Crippen LogP contribution is 2.24. The van der Waals surface area contributed by atoms with E-state index >= 15 is 0 Å². The molecule has 1 aromatic rings. The van der Waals surface area contributed by atoms with Crippen LogP contribution in [0.3, 0.4) is 0 Å². The summed E-state index contributed by atoms with van der Waals surface area (Å²) in [5, 5.41) is 3.54. The molecule has 1 rings (SSSR count). The first-order valence-electron chi connectivity index (χ1n) is 7.28. The highest BCUT2D eigenvalue weighted by molar-refractivity contribution is 5.41. The second kappa shape index (κ2) is 7.54. The summed E-state index contributed by atoms with van der Waals surface area (Å²) in [7, 11) is 1.74. The summed E-state index contributed by atoms with van der Waals surface area (Å²) >= 11 is 0. The summed E-state index contributed by atoms with van der Waals surface area (Å²) in [6.45, 7) is 13.3. The van der Waals surface area contributed by atoms with Crippen LogP contribution in [0.5, 0.6) is 5.75 Å². The zero-order chi connectivity index (χ0) is 14.4. The first-order valence-corrected chi connectivity index (χ1v) is 7.28. The first kappa shape index (κ1) is 16.0. The van der Waals surface area contributed by atoms with Crippen LogP contribution in [0.4, 0.5) is 0 Å². The number of hydrogen-bond acceptors (Lipinski definition) is 2. The van der Waals surface area contributed by atoms with Gasteiger partial charge in [-0.3, -0.25) is 0 Å². The number of benzene rings is 1. The van der Waals surface area contributed by atoms with Gasteiger partial charge in [-0.05, 0) is 68.0 Å². The molecule has 1 aromatic carbocycles. The zero-order valence-electron chi connectivity index (χ0n) is 13.3. The third-order valence-electron chi connectivity index (χ3n) is 3.47. The zero-order valence-corrected chi connectivity index (χ0v) is 13.3. The molecule has 0 aliphatic rings. The van der Waals surface area contributed by atoms with Gasteiger partial charge in [-0.15, -0.1) is 0 Å². The van der Waals surface area contributed by atoms with Gasteiger partial charge in [-0.1, -0.05) is 26.8 Å². The predicted octanol–water partition coefficient (Wildman–Crippen LogP) is 3.74. The number of rotatable bonds is 7. The molecule has 0 saturated carbocycles. The van der Waals surface area contributed by atoms with Gasteiger partial charge >= 0.3 is 0 Å². The Balaban J connectivity index is 2.59. The van der Waals surface area contributed by atoms with Crippen LogP contribution in [0.1, 0.15) is 37.5 Å². The lowest BCUT2D eigenvalue weighted by Gasteiger charge is -2.17. The van der Waals surface area contributed by atoms with Crippen LogP contribution in [-0.4, -0.2) is 20.2 Å². The number of nitrogens with one attached hydrogen (secondary N) is 1. The summed E-state index contributed by atoms with van der Waals surface area (Å²) in [6.07, 6.45) is 1.13. The molecule has 108 valence electrons. The van der Waals surface area contributed by atoms with E-state index in [0.29, 0.717) is 5.92 Å². The molecule has 0 heterocycles. The van der Waals surface area contributed by atoms with Crippen molar-refractivity contribution >= 4 is 0 Å². The minimum absolute atomic E-state index is 0.658. The SMILES string of the molecule is COc1cc(C)c(CC(C)CNCC(C)C)cc1C. The molecule has 0 aliphatic heterocycles. The molecule has 0 aliphatic carbocycles. The Morgan fingerprint density at radius 3 is 2.32 bits per heavy atom. The van der Waals surface area contributed by atoms with Crippen LogP contribution < -0.4 is 10.1 Å². The van der Waals surface area contributed by atoms with Gasteiger partial charge in [-0.2, -0.15) is 0 Å². The second-order valence-corrected chi connectivity index (χ2v) is 6.11. The number of hydrogen-bond donors (Lipinski definition) is 1. The summed E-state index contributed by atoms with van der Waals surface area (Å²) in [6, 6.07) is 4.42. The lowest BCUT2D eigenvalue weighted by atomic mass is 9.95. The molecule has 0 bridgehead atoms. The van der Waals surface area contributed by atoms with Gasteiger partial charge in [0.05, 0.1) is 7.11 Å². The molecular formula is C17H29NO. The Hall–Kier alpha value is -1.02.